The molecule has 2 atom stereocenters. The number of thioether (sulfide) groups is 1. The number of amides is 1. The van der Waals surface area contributed by atoms with Crippen molar-refractivity contribution in [3.8, 4) is 0 Å². The van der Waals surface area contributed by atoms with Crippen molar-refractivity contribution in [3.63, 3.8) is 0 Å². The molecule has 1 aromatic carbocycles. The molecule has 25 heavy (non-hydrogen) atoms. The molecule has 1 amide bonds. The summed E-state index contributed by atoms with van der Waals surface area (Å²) in [5, 5.41) is -0.473. The van der Waals surface area contributed by atoms with Crippen LogP contribution in [-0.2, 0) is 20.5 Å². The van der Waals surface area contributed by atoms with Crippen LogP contribution in [0.15, 0.2) is 24.3 Å². The molecule has 0 bridgehead atoms. The van der Waals surface area contributed by atoms with Gasteiger partial charge in [-0.1, -0.05) is 18.6 Å². The first-order chi connectivity index (χ1) is 11.8. The molecule has 4 nitrogen and oxygen atoms in total. The van der Waals surface area contributed by atoms with E-state index in [2.05, 4.69) is 0 Å². The van der Waals surface area contributed by atoms with Crippen LogP contribution < -0.4 is 0 Å². The van der Waals surface area contributed by atoms with Crippen LogP contribution in [0.4, 0.5) is 13.2 Å². The summed E-state index contributed by atoms with van der Waals surface area (Å²) in [6, 6.07) is 4.07. The van der Waals surface area contributed by atoms with Crippen molar-refractivity contribution in [2.75, 3.05) is 12.9 Å². The summed E-state index contributed by atoms with van der Waals surface area (Å²) in [6.45, 7) is 0. The second kappa shape index (κ2) is 6.90. The van der Waals surface area contributed by atoms with E-state index in [4.69, 9.17) is 4.74 Å². The highest BCUT2D eigenvalue weighted by Crippen LogP contribution is 2.44. The van der Waals surface area contributed by atoms with E-state index in [0.29, 0.717) is 11.3 Å². The minimum Gasteiger partial charge on any atom is -0.467 e. The minimum absolute atomic E-state index is 0.109. The van der Waals surface area contributed by atoms with Gasteiger partial charge in [0.05, 0.1) is 12.7 Å². The standard InChI is InChI=1S/C17H18F3NO3S/c1-24-16(23)13-9-25-15(21(13)14(22)10-3-2-4-10)11-5-7-12(8-6-11)17(18,19)20/h5-8,10,13,15H,2-4,9H2,1H3. The molecule has 2 fully saturated rings. The third kappa shape index (κ3) is 3.49. The lowest BCUT2D eigenvalue weighted by Gasteiger charge is -2.34. The van der Waals surface area contributed by atoms with E-state index in [-0.39, 0.29) is 11.8 Å². The number of carbonyl (C=O) groups excluding carboxylic acids is 2. The Balaban J connectivity index is 1.87. The van der Waals surface area contributed by atoms with Crippen LogP contribution in [0.1, 0.15) is 35.8 Å². The molecule has 1 saturated heterocycles. The number of hydrogen-bond acceptors (Lipinski definition) is 4. The van der Waals surface area contributed by atoms with Gasteiger partial charge < -0.3 is 9.64 Å². The summed E-state index contributed by atoms with van der Waals surface area (Å²) in [5.41, 5.74) is -0.155. The van der Waals surface area contributed by atoms with Crippen molar-refractivity contribution in [2.24, 2.45) is 5.92 Å². The Bertz CT molecular complexity index is 658. The van der Waals surface area contributed by atoms with E-state index in [0.717, 1.165) is 31.4 Å². The lowest BCUT2D eigenvalue weighted by atomic mass is 9.84. The van der Waals surface area contributed by atoms with E-state index in [1.807, 2.05) is 0 Å². The molecular weight excluding hydrogens is 355 g/mol. The maximum absolute atomic E-state index is 12.8. The Hall–Kier alpha value is -1.70. The van der Waals surface area contributed by atoms with Crippen LogP contribution >= 0.6 is 11.8 Å². The monoisotopic (exact) mass is 373 g/mol. The number of nitrogens with zero attached hydrogens (tertiary/aromatic N) is 1. The predicted molar refractivity (Wildman–Crippen MR) is 86.6 cm³/mol. The SMILES string of the molecule is COC(=O)C1CSC(c2ccc(C(F)(F)F)cc2)N1C(=O)C1CCC1. The van der Waals surface area contributed by atoms with Crippen LogP contribution in [0.2, 0.25) is 0 Å². The molecule has 1 aliphatic carbocycles. The second-order valence-electron chi connectivity index (χ2n) is 6.22. The van der Waals surface area contributed by atoms with E-state index in [1.54, 1.807) is 0 Å². The van der Waals surface area contributed by atoms with Crippen LogP contribution in [0, 0.1) is 5.92 Å². The van der Waals surface area contributed by atoms with Crippen LogP contribution in [0.3, 0.4) is 0 Å². The van der Waals surface area contributed by atoms with Gasteiger partial charge >= 0.3 is 12.1 Å². The van der Waals surface area contributed by atoms with Gasteiger partial charge in [-0.25, -0.2) is 4.79 Å². The molecule has 2 aliphatic rings. The van der Waals surface area contributed by atoms with Gasteiger partial charge in [-0.2, -0.15) is 13.2 Å². The molecule has 0 N–H and O–H groups in total. The molecule has 0 aromatic heterocycles. The smallest absolute Gasteiger partial charge is 0.416 e. The van der Waals surface area contributed by atoms with Gasteiger partial charge in [0.25, 0.3) is 0 Å². The Labute approximate surface area is 147 Å². The summed E-state index contributed by atoms with van der Waals surface area (Å²) in [6.07, 6.45) is -1.86. The van der Waals surface area contributed by atoms with Gasteiger partial charge in [0.1, 0.15) is 11.4 Å². The number of hydrogen-bond donors (Lipinski definition) is 0. The number of carbonyl (C=O) groups is 2. The van der Waals surface area contributed by atoms with Crippen molar-refractivity contribution >= 4 is 23.6 Å². The van der Waals surface area contributed by atoms with Crippen molar-refractivity contribution in [2.45, 2.75) is 36.9 Å². The zero-order valence-electron chi connectivity index (χ0n) is 13.6. The third-order valence-electron chi connectivity index (χ3n) is 4.71. The Morgan fingerprint density at radius 1 is 1.20 bits per heavy atom. The average molecular weight is 373 g/mol. The molecule has 1 saturated carbocycles. The molecule has 3 rings (SSSR count). The quantitative estimate of drug-likeness (QED) is 0.760. The van der Waals surface area contributed by atoms with E-state index in [9.17, 15) is 22.8 Å². The lowest BCUT2D eigenvalue weighted by Crippen LogP contribution is -2.47. The van der Waals surface area contributed by atoms with E-state index < -0.39 is 29.1 Å². The van der Waals surface area contributed by atoms with E-state index >= 15 is 0 Å². The number of halogens is 3. The Kier molecular flexibility index (Phi) is 4.99. The largest absolute Gasteiger partial charge is 0.467 e. The number of ether oxygens (including phenoxy) is 1. The average Bonchev–Trinajstić information content (AvgIpc) is 2.96. The molecule has 0 spiro atoms. The van der Waals surface area contributed by atoms with Gasteiger partial charge in [-0.05, 0) is 30.5 Å². The first kappa shape index (κ1) is 18.1. The van der Waals surface area contributed by atoms with Crippen molar-refractivity contribution in [1.82, 2.24) is 4.90 Å². The maximum atomic E-state index is 12.8. The zero-order valence-corrected chi connectivity index (χ0v) is 14.4. The maximum Gasteiger partial charge on any atom is 0.416 e. The van der Waals surface area contributed by atoms with Crippen molar-refractivity contribution in [3.05, 3.63) is 35.4 Å². The van der Waals surface area contributed by atoms with Crippen LogP contribution in [-0.4, -0.2) is 35.7 Å². The first-order valence-electron chi connectivity index (χ1n) is 8.01. The molecule has 8 heteroatoms. The summed E-state index contributed by atoms with van der Waals surface area (Å²) in [4.78, 5) is 26.3. The van der Waals surface area contributed by atoms with E-state index in [1.165, 1.54) is 35.9 Å². The molecule has 1 aliphatic heterocycles. The summed E-state index contributed by atoms with van der Waals surface area (Å²) >= 11 is 1.37. The first-order valence-corrected chi connectivity index (χ1v) is 9.06. The van der Waals surface area contributed by atoms with Gasteiger partial charge in [-0.3, -0.25) is 4.79 Å². The lowest BCUT2D eigenvalue weighted by molar-refractivity contribution is -0.154. The van der Waals surface area contributed by atoms with Gasteiger partial charge in [0.15, 0.2) is 0 Å². The predicted octanol–water partition coefficient (Wildman–Crippen LogP) is 3.62. The van der Waals surface area contributed by atoms with Crippen molar-refractivity contribution < 1.29 is 27.5 Å². The number of methoxy groups -OCH3 is 1. The van der Waals surface area contributed by atoms with Crippen LogP contribution in [0.5, 0.6) is 0 Å². The van der Waals surface area contributed by atoms with Gasteiger partial charge in [0.2, 0.25) is 5.91 Å². The van der Waals surface area contributed by atoms with Crippen LogP contribution in [0.25, 0.3) is 0 Å². The molecular formula is C17H18F3NO3S. The molecule has 136 valence electrons. The fourth-order valence-electron chi connectivity index (χ4n) is 3.05. The molecule has 0 radical (unpaired) electrons. The topological polar surface area (TPSA) is 46.6 Å². The zero-order chi connectivity index (χ0) is 18.2. The van der Waals surface area contributed by atoms with Gasteiger partial charge in [-0.15, -0.1) is 11.8 Å². The summed E-state index contributed by atoms with van der Waals surface area (Å²) in [5.74, 6) is -0.342. The van der Waals surface area contributed by atoms with Crippen molar-refractivity contribution in [1.29, 1.82) is 0 Å². The third-order valence-corrected chi connectivity index (χ3v) is 6.03. The second-order valence-corrected chi connectivity index (χ2v) is 7.33. The molecule has 1 aromatic rings. The highest BCUT2D eigenvalue weighted by molar-refractivity contribution is 7.99. The summed E-state index contributed by atoms with van der Waals surface area (Å²) in [7, 11) is 1.27. The molecule has 1 heterocycles. The highest BCUT2D eigenvalue weighted by atomic mass is 32.2. The number of benzene rings is 1. The summed E-state index contributed by atoms with van der Waals surface area (Å²) < 4.78 is 43.0. The number of esters is 1. The normalized spacial score (nSPS) is 24.1. The Morgan fingerprint density at radius 2 is 1.84 bits per heavy atom. The minimum atomic E-state index is -4.41. The number of alkyl halides is 3. The fourth-order valence-corrected chi connectivity index (χ4v) is 4.47. The highest BCUT2D eigenvalue weighted by Gasteiger charge is 2.45. The number of rotatable bonds is 3. The Morgan fingerprint density at radius 3 is 2.32 bits per heavy atom. The van der Waals surface area contributed by atoms with Gasteiger partial charge in [0, 0.05) is 11.7 Å². The fraction of sp³-hybridized carbons (Fsp3) is 0.529. The molecule has 2 unspecified atom stereocenters.